The number of rotatable bonds is 7. The largest absolute Gasteiger partial charge is 0.502 e. The molecule has 37 heavy (non-hydrogen) atoms. The van der Waals surface area contributed by atoms with Crippen LogP contribution in [0.2, 0.25) is 0 Å². The first kappa shape index (κ1) is 22.5. The summed E-state index contributed by atoms with van der Waals surface area (Å²) in [5.41, 5.74) is 2.71. The summed E-state index contributed by atoms with van der Waals surface area (Å²) in [5, 5.41) is 11.9. The molecule has 0 unspecified atom stereocenters. The van der Waals surface area contributed by atoms with Crippen LogP contribution in [-0.4, -0.2) is 5.11 Å². The third-order valence-corrected chi connectivity index (χ3v) is 6.11. The predicted octanol–water partition coefficient (Wildman–Crippen LogP) is 7.07. The number of benzene rings is 4. The lowest BCUT2D eigenvalue weighted by atomic mass is 10.1. The van der Waals surface area contributed by atoms with Crippen LogP contribution in [0.3, 0.4) is 0 Å². The molecule has 182 valence electrons. The fourth-order valence-corrected chi connectivity index (χ4v) is 4.21. The van der Waals surface area contributed by atoms with Gasteiger partial charge in [0.05, 0.1) is 6.26 Å². The Bertz CT molecular complexity index is 1750. The zero-order valence-electron chi connectivity index (χ0n) is 19.7. The highest BCUT2D eigenvalue weighted by Crippen LogP contribution is 2.37. The Hall–Kier alpha value is -4.97. The van der Waals surface area contributed by atoms with Crippen molar-refractivity contribution in [1.29, 1.82) is 0 Å². The Morgan fingerprint density at radius 3 is 2.16 bits per heavy atom. The van der Waals surface area contributed by atoms with Crippen LogP contribution in [0.5, 0.6) is 17.2 Å². The average molecular weight is 491 g/mol. The van der Waals surface area contributed by atoms with Gasteiger partial charge < -0.3 is 23.4 Å². The van der Waals surface area contributed by atoms with Crippen LogP contribution in [-0.2, 0) is 13.2 Å². The lowest BCUT2D eigenvalue weighted by Gasteiger charge is -2.14. The third kappa shape index (κ3) is 4.52. The van der Waals surface area contributed by atoms with Gasteiger partial charge in [-0.1, -0.05) is 72.8 Å². The zero-order chi connectivity index (χ0) is 25.2. The van der Waals surface area contributed by atoms with Gasteiger partial charge in [0.15, 0.2) is 5.76 Å². The molecule has 2 aromatic heterocycles. The number of fused-ring (bicyclic) bond motifs is 2. The van der Waals surface area contributed by atoms with Gasteiger partial charge in [-0.15, -0.1) is 0 Å². The number of hydrogen-bond acceptors (Lipinski definition) is 6. The van der Waals surface area contributed by atoms with Crippen molar-refractivity contribution in [2.75, 3.05) is 0 Å². The Kier molecular flexibility index (Phi) is 5.83. The molecule has 0 aliphatic carbocycles. The van der Waals surface area contributed by atoms with E-state index in [1.807, 2.05) is 72.8 Å². The first-order valence-electron chi connectivity index (χ1n) is 11.8. The fraction of sp³-hybridized carbons (Fsp3) is 0.0645. The highest BCUT2D eigenvalue weighted by molar-refractivity contribution is 5.90. The first-order valence-corrected chi connectivity index (χ1v) is 11.8. The van der Waals surface area contributed by atoms with Gasteiger partial charge in [0, 0.05) is 23.1 Å². The molecule has 0 aliphatic rings. The van der Waals surface area contributed by atoms with E-state index in [9.17, 15) is 9.90 Å². The van der Waals surface area contributed by atoms with E-state index in [2.05, 4.69) is 0 Å². The van der Waals surface area contributed by atoms with Gasteiger partial charge in [-0.25, -0.2) is 0 Å². The molecular weight excluding hydrogens is 468 g/mol. The van der Waals surface area contributed by atoms with Crippen LogP contribution < -0.4 is 14.9 Å². The Labute approximate surface area is 211 Å². The molecular formula is C31H22O6. The summed E-state index contributed by atoms with van der Waals surface area (Å²) < 4.78 is 23.7. The van der Waals surface area contributed by atoms with Crippen LogP contribution in [0, 0.1) is 0 Å². The molecule has 6 rings (SSSR count). The van der Waals surface area contributed by atoms with E-state index >= 15 is 0 Å². The minimum atomic E-state index is -0.589. The van der Waals surface area contributed by atoms with Crippen molar-refractivity contribution in [3.8, 4) is 28.6 Å². The molecule has 0 spiro atoms. The molecule has 2 heterocycles. The van der Waals surface area contributed by atoms with Crippen molar-refractivity contribution < 1.29 is 23.4 Å². The number of furan rings is 1. The fourth-order valence-electron chi connectivity index (χ4n) is 4.21. The second-order valence-corrected chi connectivity index (χ2v) is 8.63. The number of ether oxygens (including phenoxy) is 2. The van der Waals surface area contributed by atoms with Crippen LogP contribution >= 0.6 is 0 Å². The maximum atomic E-state index is 13.4. The minimum Gasteiger partial charge on any atom is -0.502 e. The summed E-state index contributed by atoms with van der Waals surface area (Å²) in [4.78, 5) is 13.4. The SMILES string of the molecule is O=c1c(O)c(-c2ccc3ccoc3c2)oc2cc(OCc3ccccc3)cc(OCc3ccccc3)c12. The van der Waals surface area contributed by atoms with Crippen molar-refractivity contribution in [2.45, 2.75) is 13.2 Å². The smallest absolute Gasteiger partial charge is 0.238 e. The standard InChI is InChI=1S/C31H22O6/c32-29-28-26(36-19-21-9-5-2-6-10-21)16-24(35-18-20-7-3-1-4-8-20)17-27(28)37-31(30(29)33)23-12-11-22-13-14-34-25(22)15-23/h1-17,33H,18-19H2. The molecule has 6 nitrogen and oxygen atoms in total. The molecule has 0 saturated carbocycles. The molecule has 0 atom stereocenters. The van der Waals surface area contributed by atoms with Crippen LogP contribution in [0.25, 0.3) is 33.3 Å². The topological polar surface area (TPSA) is 82.0 Å². The van der Waals surface area contributed by atoms with Crippen LogP contribution in [0.1, 0.15) is 11.1 Å². The molecule has 1 N–H and O–H groups in total. The van der Waals surface area contributed by atoms with Crippen molar-refractivity contribution >= 4 is 21.9 Å². The quantitative estimate of drug-likeness (QED) is 0.258. The summed E-state index contributed by atoms with van der Waals surface area (Å²) in [6, 6.07) is 29.8. The van der Waals surface area contributed by atoms with E-state index in [4.69, 9.17) is 18.3 Å². The normalized spacial score (nSPS) is 11.1. The van der Waals surface area contributed by atoms with E-state index in [-0.39, 0.29) is 29.1 Å². The van der Waals surface area contributed by atoms with Gasteiger partial charge in [0.1, 0.15) is 41.3 Å². The Morgan fingerprint density at radius 2 is 1.43 bits per heavy atom. The van der Waals surface area contributed by atoms with Crippen molar-refractivity contribution in [3.63, 3.8) is 0 Å². The summed E-state index contributed by atoms with van der Waals surface area (Å²) in [6.45, 7) is 0.560. The summed E-state index contributed by atoms with van der Waals surface area (Å²) in [5.74, 6) is 0.285. The van der Waals surface area contributed by atoms with Crippen LogP contribution in [0.15, 0.2) is 117 Å². The lowest BCUT2D eigenvalue weighted by molar-refractivity contribution is 0.291. The second-order valence-electron chi connectivity index (χ2n) is 8.63. The van der Waals surface area contributed by atoms with Crippen molar-refractivity contribution in [3.05, 3.63) is 125 Å². The van der Waals surface area contributed by atoms with Crippen molar-refractivity contribution in [1.82, 2.24) is 0 Å². The molecule has 0 fully saturated rings. The minimum absolute atomic E-state index is 0.0463. The third-order valence-electron chi connectivity index (χ3n) is 6.11. The monoisotopic (exact) mass is 490 g/mol. The van der Waals surface area contributed by atoms with Gasteiger partial charge in [0.25, 0.3) is 0 Å². The second kappa shape index (κ2) is 9.59. The molecule has 0 saturated heterocycles. The summed E-state index contributed by atoms with van der Waals surface area (Å²) in [7, 11) is 0. The highest BCUT2D eigenvalue weighted by Gasteiger charge is 2.21. The Morgan fingerprint density at radius 1 is 0.730 bits per heavy atom. The maximum absolute atomic E-state index is 13.4. The predicted molar refractivity (Wildman–Crippen MR) is 141 cm³/mol. The lowest BCUT2D eigenvalue weighted by Crippen LogP contribution is -2.07. The number of aromatic hydroxyl groups is 1. The molecule has 6 aromatic rings. The van der Waals surface area contributed by atoms with Gasteiger partial charge in [-0.3, -0.25) is 4.79 Å². The summed E-state index contributed by atoms with van der Waals surface area (Å²) >= 11 is 0. The highest BCUT2D eigenvalue weighted by atomic mass is 16.5. The van der Waals surface area contributed by atoms with Crippen molar-refractivity contribution in [2.24, 2.45) is 0 Å². The van der Waals surface area contributed by atoms with E-state index in [1.54, 1.807) is 30.5 Å². The molecule has 0 amide bonds. The van der Waals surface area contributed by atoms with E-state index in [1.165, 1.54) is 0 Å². The number of hydrogen-bond donors (Lipinski definition) is 1. The molecule has 0 bridgehead atoms. The molecule has 6 heteroatoms. The van der Waals surface area contributed by atoms with Gasteiger partial charge >= 0.3 is 0 Å². The van der Waals surface area contributed by atoms with E-state index < -0.39 is 11.2 Å². The van der Waals surface area contributed by atoms with Gasteiger partial charge in [0.2, 0.25) is 11.2 Å². The maximum Gasteiger partial charge on any atom is 0.238 e. The van der Waals surface area contributed by atoms with E-state index in [0.29, 0.717) is 23.5 Å². The molecule has 0 radical (unpaired) electrons. The zero-order valence-corrected chi connectivity index (χ0v) is 19.7. The van der Waals surface area contributed by atoms with E-state index in [0.717, 1.165) is 16.5 Å². The average Bonchev–Trinajstić information content (AvgIpc) is 3.41. The van der Waals surface area contributed by atoms with Gasteiger partial charge in [-0.2, -0.15) is 0 Å². The first-order chi connectivity index (χ1) is 18.2. The summed E-state index contributed by atoms with van der Waals surface area (Å²) in [6.07, 6.45) is 1.58. The molecule has 0 aliphatic heterocycles. The Balaban J connectivity index is 1.45. The van der Waals surface area contributed by atoms with Gasteiger partial charge in [-0.05, 0) is 23.3 Å². The molecule has 4 aromatic carbocycles. The van der Waals surface area contributed by atoms with Crippen LogP contribution in [0.4, 0.5) is 0 Å².